The van der Waals surface area contributed by atoms with Gasteiger partial charge in [-0.1, -0.05) is 0 Å². The summed E-state index contributed by atoms with van der Waals surface area (Å²) in [5.74, 6) is 0.618. The van der Waals surface area contributed by atoms with Crippen molar-refractivity contribution in [3.05, 3.63) is 22.7 Å². The Morgan fingerprint density at radius 2 is 1.95 bits per heavy atom. The van der Waals surface area contributed by atoms with E-state index in [-0.39, 0.29) is 0 Å². The molecule has 2 fully saturated rings. The molecular formula is C14H21N3O5. The number of hydrogen-bond donors (Lipinski definition) is 3. The molecule has 2 aliphatic rings. The Morgan fingerprint density at radius 1 is 1.23 bits per heavy atom. The average molecular weight is 311 g/mol. The minimum atomic E-state index is -1.28. The first-order valence-electron chi connectivity index (χ1n) is 7.58. The first kappa shape index (κ1) is 15.4. The van der Waals surface area contributed by atoms with Crippen LogP contribution in [0.1, 0.15) is 25.5 Å². The maximum Gasteiger partial charge on any atom is 0.351 e. The molecule has 3 heterocycles. The molecule has 8 nitrogen and oxygen atoms in total. The van der Waals surface area contributed by atoms with Crippen molar-refractivity contribution in [2.24, 2.45) is 0 Å². The molecule has 0 saturated carbocycles. The lowest BCUT2D eigenvalue weighted by atomic mass is 10.1. The number of rotatable bonds is 3. The third-order valence-corrected chi connectivity index (χ3v) is 4.29. The molecule has 0 aliphatic carbocycles. The van der Waals surface area contributed by atoms with Crippen LogP contribution < -0.4 is 10.6 Å². The van der Waals surface area contributed by atoms with E-state index in [1.165, 1.54) is 12.6 Å². The van der Waals surface area contributed by atoms with E-state index in [2.05, 4.69) is 9.88 Å². The van der Waals surface area contributed by atoms with Gasteiger partial charge in [-0.25, -0.2) is 4.79 Å². The van der Waals surface area contributed by atoms with Gasteiger partial charge < -0.3 is 25.0 Å². The van der Waals surface area contributed by atoms with Crippen LogP contribution in [0.15, 0.2) is 17.1 Å². The Kier molecular flexibility index (Phi) is 4.44. The highest BCUT2D eigenvalue weighted by Gasteiger charge is 2.43. The average Bonchev–Trinajstić information content (AvgIpc) is 2.83. The second-order valence-electron chi connectivity index (χ2n) is 5.75. The van der Waals surface area contributed by atoms with E-state index in [4.69, 9.17) is 9.84 Å². The largest absolute Gasteiger partial charge is 0.394 e. The van der Waals surface area contributed by atoms with Crippen molar-refractivity contribution in [2.45, 2.75) is 43.8 Å². The zero-order chi connectivity index (χ0) is 15.7. The fraction of sp³-hybridized carbons (Fsp3) is 0.714. The first-order chi connectivity index (χ1) is 10.6. The Morgan fingerprint density at radius 3 is 2.55 bits per heavy atom. The molecule has 3 N–H and O–H groups in total. The summed E-state index contributed by atoms with van der Waals surface area (Å²) in [6.07, 6.45) is 0.409. The molecule has 0 spiro atoms. The number of nitrogens with zero attached hydrogens (tertiary/aromatic N) is 3. The van der Waals surface area contributed by atoms with Crippen LogP contribution in [0.2, 0.25) is 0 Å². The molecule has 0 aromatic carbocycles. The number of ether oxygens (including phenoxy) is 1. The molecule has 1 aromatic heterocycles. The van der Waals surface area contributed by atoms with Crippen molar-refractivity contribution >= 4 is 5.82 Å². The third kappa shape index (κ3) is 2.74. The van der Waals surface area contributed by atoms with E-state index >= 15 is 0 Å². The van der Waals surface area contributed by atoms with E-state index in [0.29, 0.717) is 5.82 Å². The van der Waals surface area contributed by atoms with Crippen LogP contribution in [-0.4, -0.2) is 62.9 Å². The van der Waals surface area contributed by atoms with Crippen molar-refractivity contribution in [3.8, 4) is 0 Å². The molecule has 1 aromatic rings. The molecule has 4 atom stereocenters. The molecule has 0 unspecified atom stereocenters. The van der Waals surface area contributed by atoms with Crippen LogP contribution in [0.25, 0.3) is 0 Å². The molecule has 2 aliphatic heterocycles. The molecule has 8 heteroatoms. The van der Waals surface area contributed by atoms with Crippen molar-refractivity contribution in [3.63, 3.8) is 0 Å². The van der Waals surface area contributed by atoms with Crippen molar-refractivity contribution < 1.29 is 20.1 Å². The Balaban J connectivity index is 1.82. The summed E-state index contributed by atoms with van der Waals surface area (Å²) >= 11 is 0. The summed E-state index contributed by atoms with van der Waals surface area (Å²) in [6.45, 7) is 1.33. The summed E-state index contributed by atoms with van der Waals surface area (Å²) in [5, 5.41) is 28.8. The number of piperidine rings is 1. The highest BCUT2D eigenvalue weighted by Crippen LogP contribution is 2.28. The lowest BCUT2D eigenvalue weighted by Crippen LogP contribution is -2.37. The SMILES string of the molecule is O=c1nc(N2CCCCC2)ccn1[C@H]1O[C@@H](CO)[C@@H](O)[C@@H]1O. The van der Waals surface area contributed by atoms with Crippen LogP contribution in [-0.2, 0) is 4.74 Å². The van der Waals surface area contributed by atoms with Gasteiger partial charge in [-0.3, -0.25) is 4.57 Å². The van der Waals surface area contributed by atoms with Crippen molar-refractivity contribution in [1.82, 2.24) is 9.55 Å². The highest BCUT2D eigenvalue weighted by molar-refractivity contribution is 5.36. The van der Waals surface area contributed by atoms with Crippen LogP contribution in [0.5, 0.6) is 0 Å². The number of aromatic nitrogens is 2. The predicted molar refractivity (Wildman–Crippen MR) is 77.6 cm³/mol. The predicted octanol–water partition coefficient (Wildman–Crippen LogP) is -1.15. The summed E-state index contributed by atoms with van der Waals surface area (Å²) < 4.78 is 6.50. The van der Waals surface area contributed by atoms with Gasteiger partial charge in [0, 0.05) is 19.3 Å². The number of aliphatic hydroxyl groups excluding tert-OH is 3. The van der Waals surface area contributed by atoms with E-state index in [1.807, 2.05) is 0 Å². The van der Waals surface area contributed by atoms with E-state index in [1.54, 1.807) is 6.07 Å². The van der Waals surface area contributed by atoms with Crippen molar-refractivity contribution in [1.29, 1.82) is 0 Å². The second-order valence-corrected chi connectivity index (χ2v) is 5.75. The lowest BCUT2D eigenvalue weighted by Gasteiger charge is -2.28. The van der Waals surface area contributed by atoms with Gasteiger partial charge in [0.05, 0.1) is 6.61 Å². The molecule has 0 radical (unpaired) electrons. The van der Waals surface area contributed by atoms with Crippen LogP contribution in [0.3, 0.4) is 0 Å². The Bertz CT molecular complexity index is 572. The normalized spacial score (nSPS) is 32.4. The number of hydrogen-bond acceptors (Lipinski definition) is 7. The second kappa shape index (κ2) is 6.33. The number of aliphatic hydroxyl groups is 3. The fourth-order valence-corrected chi connectivity index (χ4v) is 3.01. The lowest BCUT2D eigenvalue weighted by molar-refractivity contribution is -0.0549. The summed E-state index contributed by atoms with van der Waals surface area (Å²) in [6, 6.07) is 1.71. The van der Waals surface area contributed by atoms with Gasteiger partial charge in [0.2, 0.25) is 0 Å². The van der Waals surface area contributed by atoms with E-state index in [9.17, 15) is 15.0 Å². The highest BCUT2D eigenvalue weighted by atomic mass is 16.6. The number of anilines is 1. The van der Waals surface area contributed by atoms with Crippen LogP contribution in [0.4, 0.5) is 5.82 Å². The topological polar surface area (TPSA) is 108 Å². The van der Waals surface area contributed by atoms with Crippen LogP contribution >= 0.6 is 0 Å². The Hall–Kier alpha value is -1.48. The van der Waals surface area contributed by atoms with Crippen LogP contribution in [0, 0.1) is 0 Å². The minimum absolute atomic E-state index is 0.428. The van der Waals surface area contributed by atoms with Gasteiger partial charge in [-0.2, -0.15) is 4.98 Å². The molecule has 22 heavy (non-hydrogen) atoms. The molecule has 0 amide bonds. The van der Waals surface area contributed by atoms with E-state index < -0.39 is 36.8 Å². The van der Waals surface area contributed by atoms with Gasteiger partial charge in [0.15, 0.2) is 6.23 Å². The zero-order valence-electron chi connectivity index (χ0n) is 12.2. The summed E-state index contributed by atoms with van der Waals surface area (Å²) in [7, 11) is 0. The quantitative estimate of drug-likeness (QED) is 0.646. The smallest absolute Gasteiger partial charge is 0.351 e. The summed E-state index contributed by atoms with van der Waals surface area (Å²) in [4.78, 5) is 18.3. The minimum Gasteiger partial charge on any atom is -0.394 e. The maximum atomic E-state index is 12.2. The van der Waals surface area contributed by atoms with Gasteiger partial charge in [-0.05, 0) is 25.3 Å². The van der Waals surface area contributed by atoms with E-state index in [0.717, 1.165) is 30.5 Å². The summed E-state index contributed by atoms with van der Waals surface area (Å²) in [5.41, 5.74) is -0.544. The van der Waals surface area contributed by atoms with Gasteiger partial charge in [-0.15, -0.1) is 0 Å². The molecular weight excluding hydrogens is 290 g/mol. The molecule has 3 rings (SSSR count). The Labute approximate surface area is 127 Å². The van der Waals surface area contributed by atoms with Gasteiger partial charge in [0.1, 0.15) is 24.1 Å². The third-order valence-electron chi connectivity index (χ3n) is 4.29. The van der Waals surface area contributed by atoms with Gasteiger partial charge in [0.25, 0.3) is 0 Å². The van der Waals surface area contributed by atoms with Gasteiger partial charge >= 0.3 is 5.69 Å². The zero-order valence-corrected chi connectivity index (χ0v) is 12.2. The monoisotopic (exact) mass is 311 g/mol. The van der Waals surface area contributed by atoms with Crippen molar-refractivity contribution in [2.75, 3.05) is 24.6 Å². The molecule has 2 saturated heterocycles. The maximum absolute atomic E-state index is 12.2. The fourth-order valence-electron chi connectivity index (χ4n) is 3.01. The molecule has 0 bridgehead atoms. The molecule has 122 valence electrons. The first-order valence-corrected chi connectivity index (χ1v) is 7.58. The standard InChI is InChI=1S/C14H21N3O5/c18-8-9-11(19)12(20)13(22-9)17-7-4-10(15-14(17)21)16-5-2-1-3-6-16/h4,7,9,11-13,18-20H,1-3,5-6,8H2/t9-,11+,12-,13-/m0/s1.